The van der Waals surface area contributed by atoms with Gasteiger partial charge in [0.05, 0.1) is 42.2 Å². The minimum absolute atomic E-state index is 0.0219. The Labute approximate surface area is 311 Å². The number of nitrogens with zero attached hydrogens (tertiary/aromatic N) is 3. The normalized spacial score (nSPS) is 19.1. The number of benzene rings is 1. The number of carboxylic acid groups (broad SMARTS) is 1. The van der Waals surface area contributed by atoms with Crippen LogP contribution in [0.15, 0.2) is 30.3 Å². The van der Waals surface area contributed by atoms with Gasteiger partial charge in [-0.2, -0.15) is 0 Å². The first kappa shape index (κ1) is 44.8. The molecular formula is C39H65N5O8. The van der Waals surface area contributed by atoms with E-state index >= 15 is 0 Å². The molecule has 1 aliphatic heterocycles. The minimum Gasteiger partial charge on any atom is -0.480 e. The van der Waals surface area contributed by atoms with E-state index in [1.54, 1.807) is 51.8 Å². The van der Waals surface area contributed by atoms with Crippen molar-refractivity contribution < 1.29 is 38.6 Å². The van der Waals surface area contributed by atoms with Crippen molar-refractivity contribution in [2.75, 3.05) is 41.9 Å². The average molecular weight is 732 g/mol. The lowest BCUT2D eigenvalue weighted by Crippen LogP contribution is -2.61. The summed E-state index contributed by atoms with van der Waals surface area (Å²) in [6, 6.07) is 6.54. The Morgan fingerprint density at radius 2 is 1.60 bits per heavy atom. The van der Waals surface area contributed by atoms with Crippen molar-refractivity contribution in [1.82, 2.24) is 25.3 Å². The average Bonchev–Trinajstić information content (AvgIpc) is 3.57. The van der Waals surface area contributed by atoms with Gasteiger partial charge in [-0.05, 0) is 65.2 Å². The molecule has 1 aromatic carbocycles. The monoisotopic (exact) mass is 731 g/mol. The van der Waals surface area contributed by atoms with Crippen LogP contribution < -0.4 is 10.6 Å². The molecule has 1 aromatic rings. The molecule has 8 atom stereocenters. The van der Waals surface area contributed by atoms with Crippen LogP contribution in [-0.2, 0) is 39.9 Å². The number of imide groups is 1. The maximum Gasteiger partial charge on any atom is 0.326 e. The molecule has 0 bridgehead atoms. The van der Waals surface area contributed by atoms with Crippen molar-refractivity contribution in [3.63, 3.8) is 0 Å². The first-order valence-electron chi connectivity index (χ1n) is 18.5. The highest BCUT2D eigenvalue weighted by atomic mass is 16.5. The maximum absolute atomic E-state index is 14.2. The summed E-state index contributed by atoms with van der Waals surface area (Å²) in [5, 5.41) is 15.2. The third-order valence-electron chi connectivity index (χ3n) is 11.1. The van der Waals surface area contributed by atoms with E-state index in [2.05, 4.69) is 24.5 Å². The molecular weight excluding hydrogens is 666 g/mol. The Kier molecular flexibility index (Phi) is 17.4. The lowest BCUT2D eigenvalue weighted by Gasteiger charge is -2.43. The number of carboxylic acids is 1. The van der Waals surface area contributed by atoms with E-state index in [1.165, 1.54) is 7.11 Å². The van der Waals surface area contributed by atoms with Gasteiger partial charge in [-0.15, -0.1) is 0 Å². The Morgan fingerprint density at radius 3 is 2.10 bits per heavy atom. The number of carbonyl (C=O) groups is 5. The molecule has 294 valence electrons. The van der Waals surface area contributed by atoms with Crippen molar-refractivity contribution in [1.29, 1.82) is 0 Å². The third kappa shape index (κ3) is 11.3. The van der Waals surface area contributed by atoms with Gasteiger partial charge in [-0.1, -0.05) is 71.4 Å². The molecule has 0 radical (unpaired) electrons. The van der Waals surface area contributed by atoms with Crippen molar-refractivity contribution in [3.05, 3.63) is 35.9 Å². The number of hydrogen-bond donors (Lipinski definition) is 3. The molecule has 0 spiro atoms. The van der Waals surface area contributed by atoms with Crippen LogP contribution >= 0.6 is 0 Å². The van der Waals surface area contributed by atoms with E-state index in [4.69, 9.17) is 9.47 Å². The van der Waals surface area contributed by atoms with Crippen molar-refractivity contribution in [3.8, 4) is 0 Å². The molecule has 3 N–H and O–H groups in total. The topological polar surface area (TPSA) is 158 Å². The van der Waals surface area contributed by atoms with Crippen molar-refractivity contribution in [2.45, 2.75) is 122 Å². The number of nitrogens with one attached hydrogen (secondary N) is 2. The lowest BCUT2D eigenvalue weighted by molar-refractivity contribution is -0.146. The van der Waals surface area contributed by atoms with E-state index in [-0.39, 0.29) is 36.6 Å². The highest BCUT2D eigenvalue weighted by molar-refractivity contribution is 6.01. The van der Waals surface area contributed by atoms with Gasteiger partial charge >= 0.3 is 5.97 Å². The maximum atomic E-state index is 14.2. The number of ether oxygens (including phenoxy) is 2. The molecule has 1 saturated heterocycles. The van der Waals surface area contributed by atoms with Gasteiger partial charge in [0.25, 0.3) is 0 Å². The van der Waals surface area contributed by atoms with Crippen LogP contribution in [0.5, 0.6) is 0 Å². The summed E-state index contributed by atoms with van der Waals surface area (Å²) in [7, 11) is 8.48. The molecule has 13 heteroatoms. The molecule has 1 heterocycles. The standard InChI is InChI=1S/C39H65N5O8/c1-13-25(4)33(43(10)32(24(2)3)36(47)41-38(50)39(6,7)42(8)9)30(51-11)23-31(45)44-21-17-20-29(44)34(52-12)26(5)35(46)40-28(37(48)49)22-27-18-15-14-16-19-27/h14-16,18-19,24-26,28-30,32-34H,13,17,20-23H2,1-12H3,(H,40,46)(H,48,49)(H,41,47,50)/t25-,26+,28-,29-,30+,32-,33-,34+/m0/s1. The van der Waals surface area contributed by atoms with Crippen molar-refractivity contribution >= 4 is 29.6 Å². The van der Waals surface area contributed by atoms with Crippen LogP contribution in [0.25, 0.3) is 0 Å². The second-order valence-corrected chi connectivity index (χ2v) is 15.4. The summed E-state index contributed by atoms with van der Waals surface area (Å²) >= 11 is 0. The Bertz CT molecular complexity index is 1340. The van der Waals surface area contributed by atoms with Crippen LogP contribution in [0.4, 0.5) is 0 Å². The van der Waals surface area contributed by atoms with Gasteiger partial charge < -0.3 is 24.8 Å². The predicted octanol–water partition coefficient (Wildman–Crippen LogP) is 3.20. The molecule has 0 unspecified atom stereocenters. The summed E-state index contributed by atoms with van der Waals surface area (Å²) in [4.78, 5) is 72.1. The number of likely N-dealkylation sites (tertiary alicyclic amines) is 1. The Balaban J connectivity index is 2.28. The van der Waals surface area contributed by atoms with Crippen molar-refractivity contribution in [2.24, 2.45) is 17.8 Å². The molecule has 52 heavy (non-hydrogen) atoms. The number of carbonyl (C=O) groups excluding carboxylic acids is 4. The third-order valence-corrected chi connectivity index (χ3v) is 11.1. The highest BCUT2D eigenvalue weighted by Crippen LogP contribution is 2.30. The predicted molar refractivity (Wildman–Crippen MR) is 200 cm³/mol. The number of methoxy groups -OCH3 is 2. The highest BCUT2D eigenvalue weighted by Gasteiger charge is 2.44. The van der Waals surface area contributed by atoms with Gasteiger partial charge in [-0.3, -0.25) is 34.3 Å². The number of amides is 4. The summed E-state index contributed by atoms with van der Waals surface area (Å²) in [6.45, 7) is 13.7. The largest absolute Gasteiger partial charge is 0.480 e. The molecule has 2 rings (SSSR count). The number of aliphatic carboxylic acids is 1. The van der Waals surface area contributed by atoms with Gasteiger partial charge in [0.15, 0.2) is 0 Å². The smallest absolute Gasteiger partial charge is 0.326 e. The summed E-state index contributed by atoms with van der Waals surface area (Å²) < 4.78 is 11.9. The molecule has 0 aromatic heterocycles. The molecule has 1 fully saturated rings. The zero-order chi connectivity index (χ0) is 39.5. The van der Waals surface area contributed by atoms with Gasteiger partial charge in [0.2, 0.25) is 23.6 Å². The van der Waals surface area contributed by atoms with Gasteiger partial charge in [0.1, 0.15) is 6.04 Å². The number of likely N-dealkylation sites (N-methyl/N-ethyl adjacent to an activating group) is 2. The van der Waals surface area contributed by atoms with E-state index in [0.717, 1.165) is 18.4 Å². The van der Waals surface area contributed by atoms with E-state index < -0.39 is 65.5 Å². The van der Waals surface area contributed by atoms with Crippen LogP contribution in [0, 0.1) is 17.8 Å². The first-order valence-corrected chi connectivity index (χ1v) is 18.5. The molecule has 0 aliphatic carbocycles. The number of rotatable bonds is 20. The fourth-order valence-electron chi connectivity index (χ4n) is 7.23. The van der Waals surface area contributed by atoms with E-state index in [9.17, 15) is 29.1 Å². The van der Waals surface area contributed by atoms with Crippen LogP contribution in [0.2, 0.25) is 0 Å². The van der Waals surface area contributed by atoms with Gasteiger partial charge in [-0.25, -0.2) is 4.79 Å². The number of hydrogen-bond acceptors (Lipinski definition) is 9. The van der Waals surface area contributed by atoms with Crippen LogP contribution in [0.1, 0.15) is 79.7 Å². The fourth-order valence-corrected chi connectivity index (χ4v) is 7.23. The van der Waals surface area contributed by atoms with E-state index in [1.807, 2.05) is 56.1 Å². The summed E-state index contributed by atoms with van der Waals surface area (Å²) in [6.07, 6.45) is 0.990. The molecule has 4 amide bonds. The second-order valence-electron chi connectivity index (χ2n) is 15.4. The molecule has 0 saturated carbocycles. The minimum atomic E-state index is -1.14. The zero-order valence-corrected chi connectivity index (χ0v) is 33.5. The quantitative estimate of drug-likeness (QED) is 0.182. The van der Waals surface area contributed by atoms with Crippen LogP contribution in [-0.4, -0.2) is 133 Å². The first-order chi connectivity index (χ1) is 24.3. The van der Waals surface area contributed by atoms with Crippen LogP contribution in [0.3, 0.4) is 0 Å². The zero-order valence-electron chi connectivity index (χ0n) is 33.5. The Morgan fingerprint density at radius 1 is 0.981 bits per heavy atom. The lowest BCUT2D eigenvalue weighted by atomic mass is 9.87. The summed E-state index contributed by atoms with van der Waals surface area (Å²) in [5.74, 6) is -3.45. The second kappa shape index (κ2) is 20.2. The van der Waals surface area contributed by atoms with Gasteiger partial charge in [0, 0.05) is 33.2 Å². The molecule has 1 aliphatic rings. The van der Waals surface area contributed by atoms with E-state index in [0.29, 0.717) is 13.0 Å². The SMILES string of the molecule is CC[C@H](C)[C@@H]([C@@H](CC(=O)N1CCC[C@H]1[C@H](OC)[C@@H](C)C(=O)N[C@@H](Cc1ccccc1)C(=O)O)OC)N(C)[C@H](C(=O)NC(=O)C(C)(C)N(C)C)C(C)C. The summed E-state index contributed by atoms with van der Waals surface area (Å²) in [5.41, 5.74) is -0.118. The molecule has 13 nitrogen and oxygen atoms in total. The Hall–Kier alpha value is -3.39. The fraction of sp³-hybridized carbons (Fsp3) is 0.718.